The Morgan fingerprint density at radius 3 is 1.95 bits per heavy atom. The van der Waals surface area contributed by atoms with Gasteiger partial charge in [0, 0.05) is 20.2 Å². The van der Waals surface area contributed by atoms with Crippen molar-refractivity contribution in [2.45, 2.75) is 0 Å². The Balaban J connectivity index is 1.84. The molecule has 2 aromatic carbocycles. The van der Waals surface area contributed by atoms with Crippen LogP contribution in [0.15, 0.2) is 57.5 Å². The summed E-state index contributed by atoms with van der Waals surface area (Å²) >= 11 is 6.62. The third-order valence-electron chi connectivity index (χ3n) is 2.64. The van der Waals surface area contributed by atoms with Crippen LogP contribution in [0.25, 0.3) is 0 Å². The van der Waals surface area contributed by atoms with Gasteiger partial charge in [0.05, 0.1) is 6.54 Å². The Bertz CT molecular complexity index is 640. The van der Waals surface area contributed by atoms with Gasteiger partial charge in [0.2, 0.25) is 5.91 Å². The highest BCUT2D eigenvalue weighted by Gasteiger charge is 2.08. The van der Waals surface area contributed by atoms with E-state index < -0.39 is 0 Å². The first-order valence-corrected chi connectivity index (χ1v) is 7.72. The SMILES string of the molecule is O=C(CNC(=O)c1ccc(Br)cc1)Nc1ccc(Br)cc1. The maximum Gasteiger partial charge on any atom is 0.251 e. The van der Waals surface area contributed by atoms with Crippen LogP contribution in [0.3, 0.4) is 0 Å². The number of anilines is 1. The highest BCUT2D eigenvalue weighted by Crippen LogP contribution is 2.14. The van der Waals surface area contributed by atoms with Crippen molar-refractivity contribution in [2.75, 3.05) is 11.9 Å². The number of hydrogen-bond donors (Lipinski definition) is 2. The Morgan fingerprint density at radius 2 is 1.38 bits per heavy atom. The minimum Gasteiger partial charge on any atom is -0.343 e. The van der Waals surface area contributed by atoms with Crippen LogP contribution < -0.4 is 10.6 Å². The van der Waals surface area contributed by atoms with Crippen LogP contribution in [0.4, 0.5) is 5.69 Å². The first-order chi connectivity index (χ1) is 10.0. The summed E-state index contributed by atoms with van der Waals surface area (Å²) in [5.41, 5.74) is 1.19. The smallest absolute Gasteiger partial charge is 0.251 e. The summed E-state index contributed by atoms with van der Waals surface area (Å²) in [7, 11) is 0. The lowest BCUT2D eigenvalue weighted by Crippen LogP contribution is -2.32. The summed E-state index contributed by atoms with van der Waals surface area (Å²) in [6.07, 6.45) is 0. The zero-order valence-corrected chi connectivity index (χ0v) is 14.1. The monoisotopic (exact) mass is 410 g/mol. The van der Waals surface area contributed by atoms with Gasteiger partial charge in [-0.3, -0.25) is 9.59 Å². The lowest BCUT2D eigenvalue weighted by molar-refractivity contribution is -0.115. The van der Waals surface area contributed by atoms with E-state index in [0.717, 1.165) is 8.95 Å². The van der Waals surface area contributed by atoms with E-state index in [2.05, 4.69) is 42.5 Å². The van der Waals surface area contributed by atoms with Crippen molar-refractivity contribution >= 4 is 49.4 Å². The molecule has 0 unspecified atom stereocenters. The summed E-state index contributed by atoms with van der Waals surface area (Å²) in [6, 6.07) is 14.1. The van der Waals surface area contributed by atoms with Crippen LogP contribution in [-0.2, 0) is 4.79 Å². The van der Waals surface area contributed by atoms with Crippen molar-refractivity contribution in [3.63, 3.8) is 0 Å². The van der Waals surface area contributed by atoms with Gasteiger partial charge < -0.3 is 10.6 Å². The lowest BCUT2D eigenvalue weighted by Gasteiger charge is -2.07. The normalized spacial score (nSPS) is 10.0. The second kappa shape index (κ2) is 7.38. The van der Waals surface area contributed by atoms with E-state index in [1.54, 1.807) is 36.4 Å². The number of rotatable bonds is 4. The van der Waals surface area contributed by atoms with Crippen LogP contribution in [0.5, 0.6) is 0 Å². The van der Waals surface area contributed by atoms with Gasteiger partial charge in [0.1, 0.15) is 0 Å². The minimum absolute atomic E-state index is 0.0784. The molecule has 0 heterocycles. The summed E-state index contributed by atoms with van der Waals surface area (Å²) in [5.74, 6) is -0.559. The largest absolute Gasteiger partial charge is 0.343 e. The molecule has 0 radical (unpaired) electrons. The summed E-state index contributed by atoms with van der Waals surface area (Å²) in [5, 5.41) is 5.28. The molecule has 0 bridgehead atoms. The quantitative estimate of drug-likeness (QED) is 0.807. The van der Waals surface area contributed by atoms with Crippen LogP contribution in [0, 0.1) is 0 Å². The Hall–Kier alpha value is -1.66. The van der Waals surface area contributed by atoms with E-state index in [9.17, 15) is 9.59 Å². The highest BCUT2D eigenvalue weighted by atomic mass is 79.9. The molecule has 0 saturated heterocycles. The summed E-state index contributed by atoms with van der Waals surface area (Å²) in [4.78, 5) is 23.6. The summed E-state index contributed by atoms with van der Waals surface area (Å²) in [6.45, 7) is -0.0784. The number of halogens is 2. The Kier molecular flexibility index (Phi) is 5.52. The average Bonchev–Trinajstić information content (AvgIpc) is 2.48. The zero-order valence-electron chi connectivity index (χ0n) is 10.9. The predicted molar refractivity (Wildman–Crippen MR) is 89.2 cm³/mol. The van der Waals surface area contributed by atoms with Crippen molar-refractivity contribution in [1.29, 1.82) is 0 Å². The molecule has 2 aromatic rings. The average molecular weight is 412 g/mol. The molecular formula is C15H12Br2N2O2. The molecule has 108 valence electrons. The molecule has 4 nitrogen and oxygen atoms in total. The molecule has 0 spiro atoms. The molecule has 0 atom stereocenters. The fourth-order valence-corrected chi connectivity index (χ4v) is 2.13. The number of benzene rings is 2. The van der Waals surface area contributed by atoms with E-state index in [4.69, 9.17) is 0 Å². The molecule has 0 aliphatic heterocycles. The van der Waals surface area contributed by atoms with Gasteiger partial charge in [-0.15, -0.1) is 0 Å². The Labute approximate surface area is 139 Å². The molecule has 0 aliphatic rings. The number of carbonyl (C=O) groups is 2. The van der Waals surface area contributed by atoms with E-state index in [0.29, 0.717) is 11.3 Å². The molecule has 2 N–H and O–H groups in total. The maximum absolute atomic E-state index is 11.8. The fraction of sp³-hybridized carbons (Fsp3) is 0.0667. The highest BCUT2D eigenvalue weighted by molar-refractivity contribution is 9.10. The molecule has 2 amide bonds. The first-order valence-electron chi connectivity index (χ1n) is 6.14. The molecular weight excluding hydrogens is 400 g/mol. The van der Waals surface area contributed by atoms with E-state index in [1.165, 1.54) is 0 Å². The number of nitrogens with one attached hydrogen (secondary N) is 2. The van der Waals surface area contributed by atoms with Crippen molar-refractivity contribution in [1.82, 2.24) is 5.32 Å². The van der Waals surface area contributed by atoms with E-state index >= 15 is 0 Å². The topological polar surface area (TPSA) is 58.2 Å². The van der Waals surface area contributed by atoms with Gasteiger partial charge >= 0.3 is 0 Å². The van der Waals surface area contributed by atoms with Crippen LogP contribution in [-0.4, -0.2) is 18.4 Å². The van der Waals surface area contributed by atoms with Gasteiger partial charge in [0.15, 0.2) is 0 Å². The molecule has 6 heteroatoms. The maximum atomic E-state index is 11.8. The number of amides is 2. The second-order valence-corrected chi connectivity index (χ2v) is 6.08. The van der Waals surface area contributed by atoms with Crippen LogP contribution in [0.2, 0.25) is 0 Å². The van der Waals surface area contributed by atoms with Gasteiger partial charge in [-0.05, 0) is 48.5 Å². The third-order valence-corrected chi connectivity index (χ3v) is 3.70. The van der Waals surface area contributed by atoms with Crippen molar-refractivity contribution in [2.24, 2.45) is 0 Å². The van der Waals surface area contributed by atoms with Gasteiger partial charge in [0.25, 0.3) is 5.91 Å². The Morgan fingerprint density at radius 1 is 0.857 bits per heavy atom. The van der Waals surface area contributed by atoms with E-state index in [-0.39, 0.29) is 18.4 Å². The van der Waals surface area contributed by atoms with Gasteiger partial charge in [-0.1, -0.05) is 31.9 Å². The third kappa shape index (κ3) is 4.99. The molecule has 21 heavy (non-hydrogen) atoms. The van der Waals surface area contributed by atoms with E-state index in [1.807, 2.05) is 12.1 Å². The number of carbonyl (C=O) groups excluding carboxylic acids is 2. The van der Waals surface area contributed by atoms with Crippen molar-refractivity contribution < 1.29 is 9.59 Å². The zero-order chi connectivity index (χ0) is 15.2. The minimum atomic E-state index is -0.284. The fourth-order valence-electron chi connectivity index (χ4n) is 1.60. The van der Waals surface area contributed by atoms with Crippen LogP contribution >= 0.6 is 31.9 Å². The number of hydrogen-bond acceptors (Lipinski definition) is 2. The molecule has 0 aromatic heterocycles. The van der Waals surface area contributed by atoms with Crippen molar-refractivity contribution in [3.05, 3.63) is 63.0 Å². The molecule has 0 saturated carbocycles. The van der Waals surface area contributed by atoms with Gasteiger partial charge in [-0.25, -0.2) is 0 Å². The standard InChI is InChI=1S/C15H12Br2N2O2/c16-11-3-1-10(2-4-11)15(21)18-9-14(20)19-13-7-5-12(17)6-8-13/h1-8H,9H2,(H,18,21)(H,19,20). The summed E-state index contributed by atoms with van der Waals surface area (Å²) < 4.78 is 1.83. The molecule has 0 fully saturated rings. The first kappa shape index (κ1) is 15.7. The van der Waals surface area contributed by atoms with Gasteiger partial charge in [-0.2, -0.15) is 0 Å². The second-order valence-electron chi connectivity index (χ2n) is 4.24. The van der Waals surface area contributed by atoms with Crippen LogP contribution in [0.1, 0.15) is 10.4 Å². The molecule has 0 aliphatic carbocycles. The lowest BCUT2D eigenvalue weighted by atomic mass is 10.2. The predicted octanol–water partition coefficient (Wildman–Crippen LogP) is 3.58. The van der Waals surface area contributed by atoms with Crippen molar-refractivity contribution in [3.8, 4) is 0 Å². The molecule has 2 rings (SSSR count).